The van der Waals surface area contributed by atoms with Crippen LogP contribution in [0.15, 0.2) is 24.3 Å². The standard InChI is InChI=1S/C13H15F3N4/c1-2-4-12-11(8-17)18-19-20(12)10-6-3-5-9(7-10)13(14,15)16/h3,5-7H,2,4,8,17H2,1H3. The highest BCUT2D eigenvalue weighted by molar-refractivity contribution is 5.38. The molecule has 1 aromatic carbocycles. The van der Waals surface area contributed by atoms with Gasteiger partial charge in [0.2, 0.25) is 0 Å². The molecule has 108 valence electrons. The predicted octanol–water partition coefficient (Wildman–Crippen LogP) is 2.70. The van der Waals surface area contributed by atoms with Crippen molar-refractivity contribution in [3.8, 4) is 5.69 Å². The molecule has 0 bridgehead atoms. The van der Waals surface area contributed by atoms with Gasteiger partial charge in [-0.1, -0.05) is 24.6 Å². The first-order chi connectivity index (χ1) is 9.47. The Bertz CT molecular complexity index is 590. The SMILES string of the molecule is CCCc1c(CN)nnn1-c1cccc(C(F)(F)F)c1. The fourth-order valence-electron chi connectivity index (χ4n) is 2.00. The van der Waals surface area contributed by atoms with Crippen LogP contribution in [-0.2, 0) is 19.1 Å². The molecule has 2 rings (SSSR count). The molecule has 0 fully saturated rings. The van der Waals surface area contributed by atoms with Gasteiger partial charge in [0, 0.05) is 6.54 Å². The Morgan fingerprint density at radius 1 is 1.30 bits per heavy atom. The van der Waals surface area contributed by atoms with Gasteiger partial charge in [0.25, 0.3) is 0 Å². The average molecular weight is 284 g/mol. The molecule has 0 saturated carbocycles. The van der Waals surface area contributed by atoms with Crippen LogP contribution in [-0.4, -0.2) is 15.0 Å². The summed E-state index contributed by atoms with van der Waals surface area (Å²) in [6, 6.07) is 5.03. The topological polar surface area (TPSA) is 56.7 Å². The molecular weight excluding hydrogens is 269 g/mol. The summed E-state index contributed by atoms with van der Waals surface area (Å²) >= 11 is 0. The summed E-state index contributed by atoms with van der Waals surface area (Å²) in [4.78, 5) is 0. The maximum atomic E-state index is 12.7. The van der Waals surface area contributed by atoms with Crippen molar-refractivity contribution in [2.24, 2.45) is 5.73 Å². The second kappa shape index (κ2) is 5.62. The molecule has 0 spiro atoms. The van der Waals surface area contributed by atoms with E-state index in [2.05, 4.69) is 10.3 Å². The van der Waals surface area contributed by atoms with E-state index in [-0.39, 0.29) is 6.54 Å². The molecule has 0 unspecified atom stereocenters. The van der Waals surface area contributed by atoms with Gasteiger partial charge >= 0.3 is 6.18 Å². The minimum Gasteiger partial charge on any atom is -0.325 e. The van der Waals surface area contributed by atoms with Gasteiger partial charge in [-0.15, -0.1) is 5.10 Å². The Morgan fingerprint density at radius 2 is 2.05 bits per heavy atom. The van der Waals surface area contributed by atoms with Crippen molar-refractivity contribution in [2.45, 2.75) is 32.5 Å². The molecule has 20 heavy (non-hydrogen) atoms. The van der Waals surface area contributed by atoms with Crippen molar-refractivity contribution in [1.29, 1.82) is 0 Å². The number of aromatic nitrogens is 3. The van der Waals surface area contributed by atoms with Crippen molar-refractivity contribution in [2.75, 3.05) is 0 Å². The molecule has 1 heterocycles. The summed E-state index contributed by atoms with van der Waals surface area (Å²) < 4.78 is 39.6. The molecule has 7 heteroatoms. The number of alkyl halides is 3. The lowest BCUT2D eigenvalue weighted by Crippen LogP contribution is -2.09. The maximum Gasteiger partial charge on any atom is 0.416 e. The first kappa shape index (κ1) is 14.5. The number of hydrogen-bond donors (Lipinski definition) is 1. The van der Waals surface area contributed by atoms with Crippen LogP contribution in [0.5, 0.6) is 0 Å². The normalized spacial score (nSPS) is 11.8. The molecule has 0 amide bonds. The third-order valence-electron chi connectivity index (χ3n) is 2.94. The van der Waals surface area contributed by atoms with Gasteiger partial charge < -0.3 is 5.73 Å². The zero-order valence-electron chi connectivity index (χ0n) is 11.0. The molecular formula is C13H15F3N4. The largest absolute Gasteiger partial charge is 0.416 e. The number of hydrogen-bond acceptors (Lipinski definition) is 3. The van der Waals surface area contributed by atoms with Gasteiger partial charge in [0.1, 0.15) is 0 Å². The second-order valence-corrected chi connectivity index (χ2v) is 4.40. The minimum absolute atomic E-state index is 0.217. The van der Waals surface area contributed by atoms with E-state index in [1.165, 1.54) is 10.7 Å². The van der Waals surface area contributed by atoms with Gasteiger partial charge in [0.15, 0.2) is 0 Å². The van der Waals surface area contributed by atoms with Crippen LogP contribution in [0.25, 0.3) is 5.69 Å². The van der Waals surface area contributed by atoms with Crippen molar-refractivity contribution >= 4 is 0 Å². The average Bonchev–Trinajstić information content (AvgIpc) is 2.81. The number of nitrogens with zero attached hydrogens (tertiary/aromatic N) is 3. The van der Waals surface area contributed by atoms with Crippen LogP contribution in [0.3, 0.4) is 0 Å². The highest BCUT2D eigenvalue weighted by Crippen LogP contribution is 2.30. The Labute approximate surface area is 114 Å². The summed E-state index contributed by atoms with van der Waals surface area (Å²) in [7, 11) is 0. The molecule has 1 aromatic heterocycles. The van der Waals surface area contributed by atoms with Crippen molar-refractivity contribution < 1.29 is 13.2 Å². The van der Waals surface area contributed by atoms with Crippen LogP contribution in [0.2, 0.25) is 0 Å². The third kappa shape index (κ3) is 2.82. The third-order valence-corrected chi connectivity index (χ3v) is 2.94. The van der Waals surface area contributed by atoms with Crippen LogP contribution in [0, 0.1) is 0 Å². The molecule has 0 aliphatic rings. The number of nitrogens with two attached hydrogens (primary N) is 1. The molecule has 0 aliphatic heterocycles. The van der Waals surface area contributed by atoms with Crippen LogP contribution >= 0.6 is 0 Å². The predicted molar refractivity (Wildman–Crippen MR) is 68.2 cm³/mol. The molecule has 2 N–H and O–H groups in total. The lowest BCUT2D eigenvalue weighted by molar-refractivity contribution is -0.137. The van der Waals surface area contributed by atoms with E-state index in [9.17, 15) is 13.2 Å². The first-order valence-electron chi connectivity index (χ1n) is 6.28. The number of rotatable bonds is 4. The summed E-state index contributed by atoms with van der Waals surface area (Å²) in [6.45, 7) is 2.19. The van der Waals surface area contributed by atoms with E-state index in [0.717, 1.165) is 24.2 Å². The summed E-state index contributed by atoms with van der Waals surface area (Å²) in [5.41, 5.74) is 6.59. The van der Waals surface area contributed by atoms with E-state index in [1.807, 2.05) is 6.92 Å². The fraction of sp³-hybridized carbons (Fsp3) is 0.385. The summed E-state index contributed by atoms with van der Waals surface area (Å²) in [6.07, 6.45) is -2.88. The number of benzene rings is 1. The van der Waals surface area contributed by atoms with Gasteiger partial charge in [0.05, 0.1) is 22.6 Å². The van der Waals surface area contributed by atoms with Crippen LogP contribution in [0.4, 0.5) is 13.2 Å². The highest BCUT2D eigenvalue weighted by atomic mass is 19.4. The monoisotopic (exact) mass is 284 g/mol. The van der Waals surface area contributed by atoms with Gasteiger partial charge in [-0.25, -0.2) is 4.68 Å². The molecule has 0 radical (unpaired) electrons. The summed E-state index contributed by atoms with van der Waals surface area (Å²) in [5, 5.41) is 7.85. The lowest BCUT2D eigenvalue weighted by Gasteiger charge is -2.10. The van der Waals surface area contributed by atoms with Crippen molar-refractivity contribution in [3.63, 3.8) is 0 Å². The Balaban J connectivity index is 2.49. The van der Waals surface area contributed by atoms with Gasteiger partial charge in [-0.3, -0.25) is 0 Å². The number of halogens is 3. The maximum absolute atomic E-state index is 12.7. The molecule has 2 aromatic rings. The molecule has 0 saturated heterocycles. The van der Waals surface area contributed by atoms with Gasteiger partial charge in [-0.2, -0.15) is 13.2 Å². The first-order valence-corrected chi connectivity index (χ1v) is 6.28. The Kier molecular flexibility index (Phi) is 4.08. The van der Waals surface area contributed by atoms with E-state index in [0.29, 0.717) is 17.8 Å². The van der Waals surface area contributed by atoms with E-state index < -0.39 is 11.7 Å². The smallest absolute Gasteiger partial charge is 0.325 e. The fourth-order valence-corrected chi connectivity index (χ4v) is 2.00. The Hall–Kier alpha value is -1.89. The zero-order chi connectivity index (χ0) is 14.8. The van der Waals surface area contributed by atoms with Crippen LogP contribution in [0.1, 0.15) is 30.3 Å². The highest BCUT2D eigenvalue weighted by Gasteiger charge is 2.30. The van der Waals surface area contributed by atoms with E-state index >= 15 is 0 Å². The Morgan fingerprint density at radius 3 is 2.65 bits per heavy atom. The quantitative estimate of drug-likeness (QED) is 0.939. The van der Waals surface area contributed by atoms with Crippen molar-refractivity contribution in [1.82, 2.24) is 15.0 Å². The van der Waals surface area contributed by atoms with E-state index in [1.54, 1.807) is 6.07 Å². The van der Waals surface area contributed by atoms with Crippen LogP contribution < -0.4 is 5.73 Å². The molecule has 0 atom stereocenters. The lowest BCUT2D eigenvalue weighted by atomic mass is 10.1. The van der Waals surface area contributed by atoms with E-state index in [4.69, 9.17) is 5.73 Å². The molecule has 0 aliphatic carbocycles. The zero-order valence-corrected chi connectivity index (χ0v) is 11.0. The second-order valence-electron chi connectivity index (χ2n) is 4.40. The van der Waals surface area contributed by atoms with Gasteiger partial charge in [-0.05, 0) is 24.6 Å². The molecule has 4 nitrogen and oxygen atoms in total. The minimum atomic E-state index is -4.38. The van der Waals surface area contributed by atoms with Crippen molar-refractivity contribution in [3.05, 3.63) is 41.2 Å². The summed E-state index contributed by atoms with van der Waals surface area (Å²) in [5.74, 6) is 0.